The number of nitrogens with one attached hydrogen (secondary N) is 2. The van der Waals surface area contributed by atoms with E-state index in [0.717, 1.165) is 24.8 Å². The molecule has 5 nitrogen and oxygen atoms in total. The summed E-state index contributed by atoms with van der Waals surface area (Å²) in [4.78, 5) is 23.0. The van der Waals surface area contributed by atoms with Crippen LogP contribution < -0.4 is 10.6 Å². The van der Waals surface area contributed by atoms with E-state index in [1.807, 2.05) is 6.92 Å². The normalized spacial score (nSPS) is 33.2. The molecule has 0 radical (unpaired) electrons. The SMILES string of the molecule is C=C(C)CNC(=O)NC1C2CCC(C2)C1C(=O)O. The summed E-state index contributed by atoms with van der Waals surface area (Å²) in [6.07, 6.45) is 2.94. The highest BCUT2D eigenvalue weighted by molar-refractivity contribution is 5.77. The standard InChI is InChI=1S/C13H20N2O3/c1-7(2)6-14-13(18)15-11-9-4-3-8(5-9)10(11)12(16)17/h8-11H,1,3-6H2,2H3,(H,16,17)(H2,14,15,18). The summed E-state index contributed by atoms with van der Waals surface area (Å²) in [5.41, 5.74) is 0.868. The fraction of sp³-hybridized carbons (Fsp3) is 0.692. The predicted octanol–water partition coefficient (Wildman–Crippen LogP) is 1.36. The van der Waals surface area contributed by atoms with Crippen molar-refractivity contribution in [2.45, 2.75) is 32.2 Å². The Morgan fingerprint density at radius 3 is 2.61 bits per heavy atom. The molecule has 2 aliphatic carbocycles. The van der Waals surface area contributed by atoms with Crippen LogP contribution in [0.15, 0.2) is 12.2 Å². The highest BCUT2D eigenvalue weighted by Crippen LogP contribution is 2.48. The van der Waals surface area contributed by atoms with Crippen molar-refractivity contribution in [2.24, 2.45) is 17.8 Å². The van der Waals surface area contributed by atoms with Crippen molar-refractivity contribution in [3.63, 3.8) is 0 Å². The van der Waals surface area contributed by atoms with Crippen molar-refractivity contribution >= 4 is 12.0 Å². The number of hydrogen-bond acceptors (Lipinski definition) is 2. The van der Waals surface area contributed by atoms with Gasteiger partial charge in [-0.05, 0) is 38.0 Å². The number of fused-ring (bicyclic) bond motifs is 2. The van der Waals surface area contributed by atoms with Gasteiger partial charge in [0.05, 0.1) is 5.92 Å². The number of amides is 2. The fourth-order valence-electron chi connectivity index (χ4n) is 3.29. The van der Waals surface area contributed by atoms with E-state index in [9.17, 15) is 14.7 Å². The molecule has 5 heteroatoms. The van der Waals surface area contributed by atoms with E-state index < -0.39 is 11.9 Å². The van der Waals surface area contributed by atoms with Crippen LogP contribution in [0.4, 0.5) is 4.79 Å². The van der Waals surface area contributed by atoms with Gasteiger partial charge in [-0.15, -0.1) is 0 Å². The minimum Gasteiger partial charge on any atom is -0.481 e. The highest BCUT2D eigenvalue weighted by atomic mass is 16.4. The molecule has 0 aromatic carbocycles. The molecule has 0 spiro atoms. The zero-order valence-corrected chi connectivity index (χ0v) is 10.6. The molecule has 4 atom stereocenters. The number of carbonyl (C=O) groups excluding carboxylic acids is 1. The third-order valence-electron chi connectivity index (χ3n) is 4.05. The molecule has 0 aromatic rings. The van der Waals surface area contributed by atoms with Gasteiger partial charge in [-0.1, -0.05) is 12.2 Å². The summed E-state index contributed by atoms with van der Waals surface area (Å²) in [6, 6.07) is -0.506. The Kier molecular flexibility index (Phi) is 3.59. The molecule has 0 aromatic heterocycles. The van der Waals surface area contributed by atoms with Crippen LogP contribution in [-0.2, 0) is 4.79 Å². The lowest BCUT2D eigenvalue weighted by molar-refractivity contribution is -0.144. The van der Waals surface area contributed by atoms with Gasteiger partial charge in [0, 0.05) is 12.6 Å². The summed E-state index contributed by atoms with van der Waals surface area (Å²) < 4.78 is 0. The second kappa shape index (κ2) is 5.00. The van der Waals surface area contributed by atoms with E-state index in [0.29, 0.717) is 12.5 Å². The van der Waals surface area contributed by atoms with Crippen LogP contribution in [0.3, 0.4) is 0 Å². The molecule has 2 amide bonds. The molecule has 0 heterocycles. The van der Waals surface area contributed by atoms with Crippen LogP contribution >= 0.6 is 0 Å². The summed E-state index contributed by atoms with van der Waals surface area (Å²) >= 11 is 0. The summed E-state index contributed by atoms with van der Waals surface area (Å²) in [6.45, 7) is 5.96. The number of rotatable bonds is 4. The molecule has 3 N–H and O–H groups in total. The quantitative estimate of drug-likeness (QED) is 0.661. The molecule has 18 heavy (non-hydrogen) atoms. The first-order valence-electron chi connectivity index (χ1n) is 6.40. The van der Waals surface area contributed by atoms with Crippen LogP contribution in [0.5, 0.6) is 0 Å². The number of carboxylic acid groups (broad SMARTS) is 1. The molecule has 0 saturated heterocycles. The monoisotopic (exact) mass is 252 g/mol. The first-order chi connectivity index (χ1) is 8.49. The second-order valence-electron chi connectivity index (χ2n) is 5.51. The molecule has 4 unspecified atom stereocenters. The summed E-state index contributed by atoms with van der Waals surface area (Å²) in [5.74, 6) is -0.641. The lowest BCUT2D eigenvalue weighted by Gasteiger charge is -2.28. The Hall–Kier alpha value is -1.52. The van der Waals surface area contributed by atoms with Gasteiger partial charge < -0.3 is 15.7 Å². The van der Waals surface area contributed by atoms with Crippen molar-refractivity contribution in [1.82, 2.24) is 10.6 Å². The van der Waals surface area contributed by atoms with E-state index in [2.05, 4.69) is 17.2 Å². The number of urea groups is 1. The Morgan fingerprint density at radius 2 is 2.00 bits per heavy atom. The van der Waals surface area contributed by atoms with Crippen LogP contribution in [0.1, 0.15) is 26.2 Å². The minimum atomic E-state index is -0.785. The van der Waals surface area contributed by atoms with Gasteiger partial charge in [0.2, 0.25) is 0 Å². The van der Waals surface area contributed by atoms with Crippen molar-refractivity contribution < 1.29 is 14.7 Å². The fourth-order valence-corrected chi connectivity index (χ4v) is 3.29. The lowest BCUT2D eigenvalue weighted by atomic mass is 9.84. The number of hydrogen-bond donors (Lipinski definition) is 3. The van der Waals surface area contributed by atoms with Gasteiger partial charge in [0.25, 0.3) is 0 Å². The number of carboxylic acids is 1. The average molecular weight is 252 g/mol. The van der Waals surface area contributed by atoms with Crippen LogP contribution in [0.2, 0.25) is 0 Å². The van der Waals surface area contributed by atoms with E-state index >= 15 is 0 Å². The van der Waals surface area contributed by atoms with Gasteiger partial charge in [-0.25, -0.2) is 4.79 Å². The van der Waals surface area contributed by atoms with Crippen molar-refractivity contribution in [3.05, 3.63) is 12.2 Å². The summed E-state index contributed by atoms with van der Waals surface area (Å²) in [5, 5.41) is 14.8. The first-order valence-corrected chi connectivity index (χ1v) is 6.40. The number of carbonyl (C=O) groups is 2. The van der Waals surface area contributed by atoms with Crippen LogP contribution in [-0.4, -0.2) is 29.7 Å². The predicted molar refractivity (Wildman–Crippen MR) is 67.1 cm³/mol. The van der Waals surface area contributed by atoms with Gasteiger partial charge in [0.1, 0.15) is 0 Å². The van der Waals surface area contributed by atoms with Crippen LogP contribution in [0, 0.1) is 17.8 Å². The third kappa shape index (κ3) is 2.49. The van der Waals surface area contributed by atoms with Gasteiger partial charge in [-0.2, -0.15) is 0 Å². The molecule has 0 aliphatic heterocycles. The van der Waals surface area contributed by atoms with Gasteiger partial charge in [-0.3, -0.25) is 4.79 Å². The maximum absolute atomic E-state index is 11.7. The molecule has 2 fully saturated rings. The molecule has 100 valence electrons. The van der Waals surface area contributed by atoms with E-state index in [4.69, 9.17) is 0 Å². The minimum absolute atomic E-state index is 0.216. The van der Waals surface area contributed by atoms with Crippen molar-refractivity contribution in [1.29, 1.82) is 0 Å². The smallest absolute Gasteiger partial charge is 0.315 e. The number of aliphatic carboxylic acids is 1. The molecule has 2 saturated carbocycles. The van der Waals surface area contributed by atoms with Gasteiger partial charge >= 0.3 is 12.0 Å². The molecular weight excluding hydrogens is 232 g/mol. The Bertz CT molecular complexity index is 380. The lowest BCUT2D eigenvalue weighted by Crippen LogP contribution is -2.50. The maximum Gasteiger partial charge on any atom is 0.315 e. The maximum atomic E-state index is 11.7. The largest absolute Gasteiger partial charge is 0.481 e. The van der Waals surface area contributed by atoms with E-state index in [-0.39, 0.29) is 18.0 Å². The molecule has 2 bridgehead atoms. The van der Waals surface area contributed by atoms with E-state index in [1.165, 1.54) is 0 Å². The summed E-state index contributed by atoms with van der Waals surface area (Å²) in [7, 11) is 0. The zero-order chi connectivity index (χ0) is 13.3. The Morgan fingerprint density at radius 1 is 1.33 bits per heavy atom. The molecule has 2 rings (SSSR count). The Labute approximate surface area is 107 Å². The third-order valence-corrected chi connectivity index (χ3v) is 4.05. The average Bonchev–Trinajstić information content (AvgIpc) is 2.86. The second-order valence-corrected chi connectivity index (χ2v) is 5.51. The molecular formula is C13H20N2O3. The van der Waals surface area contributed by atoms with Crippen molar-refractivity contribution in [3.8, 4) is 0 Å². The highest BCUT2D eigenvalue weighted by Gasteiger charge is 2.51. The van der Waals surface area contributed by atoms with Crippen molar-refractivity contribution in [2.75, 3.05) is 6.54 Å². The topological polar surface area (TPSA) is 78.4 Å². The molecule has 2 aliphatic rings. The van der Waals surface area contributed by atoms with E-state index in [1.54, 1.807) is 0 Å². The van der Waals surface area contributed by atoms with Crippen LogP contribution in [0.25, 0.3) is 0 Å². The van der Waals surface area contributed by atoms with Gasteiger partial charge in [0.15, 0.2) is 0 Å². The Balaban J connectivity index is 1.93. The first kappa shape index (κ1) is 12.9. The zero-order valence-electron chi connectivity index (χ0n) is 10.6.